The first kappa shape index (κ1) is 14.7. The van der Waals surface area contributed by atoms with Gasteiger partial charge < -0.3 is 10.2 Å². The van der Waals surface area contributed by atoms with Gasteiger partial charge in [0.2, 0.25) is 0 Å². The summed E-state index contributed by atoms with van der Waals surface area (Å²) in [4.78, 5) is 2.73. The Labute approximate surface area is 117 Å². The van der Waals surface area contributed by atoms with E-state index in [1.54, 1.807) is 0 Å². The lowest BCUT2D eigenvalue weighted by molar-refractivity contribution is 0.163. The van der Waals surface area contributed by atoms with Gasteiger partial charge in [-0.1, -0.05) is 26.2 Å². The van der Waals surface area contributed by atoms with E-state index in [0.29, 0.717) is 5.54 Å². The number of thioether (sulfide) groups is 1. The van der Waals surface area contributed by atoms with Gasteiger partial charge in [-0.2, -0.15) is 11.8 Å². The van der Waals surface area contributed by atoms with E-state index in [1.165, 1.54) is 71.1 Å². The first-order valence-electron chi connectivity index (χ1n) is 7.74. The van der Waals surface area contributed by atoms with E-state index in [9.17, 15) is 0 Å². The normalized spacial score (nSPS) is 27.0. The predicted octanol–water partition coefficient (Wildman–Crippen LogP) is 3.13. The zero-order chi connectivity index (χ0) is 12.8. The third kappa shape index (κ3) is 4.14. The topological polar surface area (TPSA) is 15.3 Å². The maximum atomic E-state index is 3.88. The fourth-order valence-corrected chi connectivity index (χ4v) is 3.80. The molecule has 1 atom stereocenters. The average Bonchev–Trinajstić information content (AvgIpc) is 2.59. The Morgan fingerprint density at radius 3 is 2.72 bits per heavy atom. The van der Waals surface area contributed by atoms with Crippen LogP contribution in [0.25, 0.3) is 0 Å². The summed E-state index contributed by atoms with van der Waals surface area (Å²) in [6.07, 6.45) is 12.0. The van der Waals surface area contributed by atoms with Crippen LogP contribution >= 0.6 is 11.8 Å². The van der Waals surface area contributed by atoms with Gasteiger partial charge in [0.15, 0.2) is 0 Å². The second-order valence-electron chi connectivity index (χ2n) is 6.23. The van der Waals surface area contributed by atoms with Crippen LogP contribution < -0.4 is 5.32 Å². The third-order valence-corrected chi connectivity index (χ3v) is 5.78. The van der Waals surface area contributed by atoms with Crippen LogP contribution in [0.15, 0.2) is 0 Å². The molecule has 2 rings (SSSR count). The van der Waals surface area contributed by atoms with Gasteiger partial charge >= 0.3 is 0 Å². The molecule has 0 aromatic carbocycles. The Balaban J connectivity index is 1.86. The van der Waals surface area contributed by atoms with Crippen molar-refractivity contribution in [2.24, 2.45) is 0 Å². The molecule has 1 aliphatic heterocycles. The van der Waals surface area contributed by atoms with Crippen molar-refractivity contribution in [2.75, 3.05) is 32.4 Å². The van der Waals surface area contributed by atoms with Gasteiger partial charge in [-0.05, 0) is 51.6 Å². The molecule has 1 N–H and O–H groups in total. The van der Waals surface area contributed by atoms with Crippen molar-refractivity contribution in [1.29, 1.82) is 0 Å². The summed E-state index contributed by atoms with van der Waals surface area (Å²) in [5, 5.41) is 4.69. The third-order valence-electron chi connectivity index (χ3n) is 4.74. The van der Waals surface area contributed by atoms with E-state index in [4.69, 9.17) is 0 Å². The molecule has 0 aromatic rings. The summed E-state index contributed by atoms with van der Waals surface area (Å²) in [6, 6.07) is 0. The van der Waals surface area contributed by atoms with E-state index < -0.39 is 0 Å². The minimum absolute atomic E-state index is 0.470. The maximum absolute atomic E-state index is 3.88. The van der Waals surface area contributed by atoms with Crippen LogP contribution in [0.5, 0.6) is 0 Å². The standard InChI is InChI=1S/C15H30N2S/c1-14(18-2)7-12-17-11-6-10-16-15(13-17)8-4-3-5-9-15/h14,16H,3-13H2,1-2H3. The summed E-state index contributed by atoms with van der Waals surface area (Å²) < 4.78 is 0. The summed E-state index contributed by atoms with van der Waals surface area (Å²) in [7, 11) is 0. The van der Waals surface area contributed by atoms with Crippen molar-refractivity contribution in [3.63, 3.8) is 0 Å². The van der Waals surface area contributed by atoms with Gasteiger partial charge in [0.05, 0.1) is 0 Å². The molecule has 0 amide bonds. The van der Waals surface area contributed by atoms with E-state index in [0.717, 1.165) is 5.25 Å². The molecular formula is C15H30N2S. The van der Waals surface area contributed by atoms with Gasteiger partial charge in [0.25, 0.3) is 0 Å². The molecule has 18 heavy (non-hydrogen) atoms. The Morgan fingerprint density at radius 1 is 1.22 bits per heavy atom. The SMILES string of the molecule is CSC(C)CCN1CCCNC2(CCCCC2)C1. The van der Waals surface area contributed by atoms with Crippen LogP contribution in [-0.2, 0) is 0 Å². The minimum atomic E-state index is 0.470. The fourth-order valence-electron chi connectivity index (χ4n) is 3.46. The molecule has 2 fully saturated rings. The van der Waals surface area contributed by atoms with Gasteiger partial charge in [-0.3, -0.25) is 0 Å². The first-order chi connectivity index (χ1) is 8.74. The molecule has 1 aliphatic carbocycles. The lowest BCUT2D eigenvalue weighted by Gasteiger charge is -2.40. The van der Waals surface area contributed by atoms with Crippen molar-refractivity contribution < 1.29 is 0 Å². The summed E-state index contributed by atoms with van der Waals surface area (Å²) in [5.74, 6) is 0. The van der Waals surface area contributed by atoms with Crippen LogP contribution in [0.3, 0.4) is 0 Å². The highest BCUT2D eigenvalue weighted by molar-refractivity contribution is 7.99. The molecule has 0 bridgehead atoms. The molecule has 0 radical (unpaired) electrons. The lowest BCUT2D eigenvalue weighted by Crippen LogP contribution is -2.52. The predicted molar refractivity (Wildman–Crippen MR) is 82.5 cm³/mol. The van der Waals surface area contributed by atoms with Crippen molar-refractivity contribution in [3.8, 4) is 0 Å². The summed E-state index contributed by atoms with van der Waals surface area (Å²) in [5.41, 5.74) is 0.470. The van der Waals surface area contributed by atoms with Crippen LogP contribution in [-0.4, -0.2) is 48.1 Å². The molecule has 1 unspecified atom stereocenters. The van der Waals surface area contributed by atoms with Crippen LogP contribution in [0, 0.1) is 0 Å². The lowest BCUT2D eigenvalue weighted by atomic mass is 9.81. The minimum Gasteiger partial charge on any atom is -0.310 e. The number of hydrogen-bond acceptors (Lipinski definition) is 3. The Hall–Kier alpha value is 0.270. The summed E-state index contributed by atoms with van der Waals surface area (Å²) in [6.45, 7) is 7.49. The van der Waals surface area contributed by atoms with Gasteiger partial charge in [0, 0.05) is 17.3 Å². The van der Waals surface area contributed by atoms with E-state index in [-0.39, 0.29) is 0 Å². The smallest absolute Gasteiger partial charge is 0.0308 e. The second-order valence-corrected chi connectivity index (χ2v) is 7.51. The van der Waals surface area contributed by atoms with Crippen LogP contribution in [0.1, 0.15) is 51.9 Å². The fraction of sp³-hybridized carbons (Fsp3) is 1.00. The summed E-state index contributed by atoms with van der Waals surface area (Å²) >= 11 is 2.00. The van der Waals surface area contributed by atoms with E-state index >= 15 is 0 Å². The molecule has 1 heterocycles. The highest BCUT2D eigenvalue weighted by Gasteiger charge is 2.34. The molecule has 3 heteroatoms. The van der Waals surface area contributed by atoms with Crippen molar-refractivity contribution in [1.82, 2.24) is 10.2 Å². The molecule has 1 saturated heterocycles. The second kappa shape index (κ2) is 7.16. The van der Waals surface area contributed by atoms with Gasteiger partial charge in [-0.15, -0.1) is 0 Å². The molecular weight excluding hydrogens is 240 g/mol. The van der Waals surface area contributed by atoms with Crippen LogP contribution in [0.2, 0.25) is 0 Å². The Kier molecular flexibility index (Phi) is 5.84. The number of nitrogens with one attached hydrogen (secondary N) is 1. The highest BCUT2D eigenvalue weighted by Crippen LogP contribution is 2.30. The molecule has 2 nitrogen and oxygen atoms in total. The highest BCUT2D eigenvalue weighted by atomic mass is 32.2. The van der Waals surface area contributed by atoms with E-state index in [1.807, 2.05) is 11.8 Å². The zero-order valence-electron chi connectivity index (χ0n) is 12.2. The molecule has 1 saturated carbocycles. The number of nitrogens with zero attached hydrogens (tertiary/aromatic N) is 1. The van der Waals surface area contributed by atoms with Crippen molar-refractivity contribution >= 4 is 11.8 Å². The monoisotopic (exact) mass is 270 g/mol. The largest absolute Gasteiger partial charge is 0.310 e. The van der Waals surface area contributed by atoms with Crippen molar-refractivity contribution in [3.05, 3.63) is 0 Å². The van der Waals surface area contributed by atoms with Gasteiger partial charge in [0.1, 0.15) is 0 Å². The van der Waals surface area contributed by atoms with Crippen molar-refractivity contribution in [2.45, 2.75) is 62.7 Å². The maximum Gasteiger partial charge on any atom is 0.0308 e. The molecule has 2 aliphatic rings. The Morgan fingerprint density at radius 2 is 2.00 bits per heavy atom. The van der Waals surface area contributed by atoms with Gasteiger partial charge in [-0.25, -0.2) is 0 Å². The van der Waals surface area contributed by atoms with E-state index in [2.05, 4.69) is 23.4 Å². The quantitative estimate of drug-likeness (QED) is 0.845. The number of hydrogen-bond donors (Lipinski definition) is 1. The average molecular weight is 270 g/mol. The molecule has 106 valence electrons. The number of rotatable bonds is 4. The molecule has 0 aromatic heterocycles. The zero-order valence-corrected chi connectivity index (χ0v) is 13.0. The first-order valence-corrected chi connectivity index (χ1v) is 9.03. The Bertz CT molecular complexity index is 239. The molecule has 1 spiro atoms. The van der Waals surface area contributed by atoms with Crippen LogP contribution in [0.4, 0.5) is 0 Å².